The number of phenols is 1. The molecule has 110 valence electrons. The monoisotopic (exact) mass is 285 g/mol. The number of aromatic hydroxyl groups is 1. The van der Waals surface area contributed by atoms with Crippen molar-refractivity contribution in [2.75, 3.05) is 5.32 Å². The van der Waals surface area contributed by atoms with Gasteiger partial charge >= 0.3 is 0 Å². The molecular weight excluding hydrogens is 266 g/mol. The third kappa shape index (κ3) is 4.07. The number of anilines is 1. The first-order chi connectivity index (χ1) is 10.1. The maximum absolute atomic E-state index is 12.0. The van der Waals surface area contributed by atoms with Gasteiger partial charge in [0.25, 0.3) is 0 Å². The molecule has 2 aromatic rings. The molecule has 2 rings (SSSR count). The summed E-state index contributed by atoms with van der Waals surface area (Å²) in [5, 5.41) is 22.4. The van der Waals surface area contributed by atoms with Crippen LogP contribution in [-0.4, -0.2) is 16.1 Å². The number of carbonyl (C=O) groups is 1. The predicted molar refractivity (Wildman–Crippen MR) is 82.1 cm³/mol. The number of nitrogens with one attached hydrogen (secondary N) is 1. The maximum Gasteiger partial charge on any atom is 0.227 e. The van der Waals surface area contributed by atoms with Crippen LogP contribution in [0, 0.1) is 0 Å². The molecule has 1 unspecified atom stereocenters. The topological polar surface area (TPSA) is 69.6 Å². The fourth-order valence-corrected chi connectivity index (χ4v) is 2.07. The van der Waals surface area contributed by atoms with Gasteiger partial charge in [0, 0.05) is 0 Å². The lowest BCUT2D eigenvalue weighted by molar-refractivity contribution is -0.118. The molecule has 1 atom stereocenters. The van der Waals surface area contributed by atoms with Crippen molar-refractivity contribution in [1.29, 1.82) is 0 Å². The summed E-state index contributed by atoms with van der Waals surface area (Å²) in [7, 11) is 0. The van der Waals surface area contributed by atoms with Crippen LogP contribution >= 0.6 is 0 Å². The summed E-state index contributed by atoms with van der Waals surface area (Å²) in [5.41, 5.74) is 2.09. The Morgan fingerprint density at radius 1 is 1.19 bits per heavy atom. The highest BCUT2D eigenvalue weighted by Gasteiger charge is 2.14. The largest absolute Gasteiger partial charge is 0.506 e. The van der Waals surface area contributed by atoms with Crippen LogP contribution in [0.3, 0.4) is 0 Å². The minimum Gasteiger partial charge on any atom is -0.506 e. The van der Waals surface area contributed by atoms with Gasteiger partial charge in [0.1, 0.15) is 5.75 Å². The van der Waals surface area contributed by atoms with Crippen molar-refractivity contribution in [2.24, 2.45) is 0 Å². The van der Waals surface area contributed by atoms with Crippen molar-refractivity contribution in [3.63, 3.8) is 0 Å². The van der Waals surface area contributed by atoms with Crippen molar-refractivity contribution in [3.8, 4) is 5.75 Å². The van der Waals surface area contributed by atoms with Crippen LogP contribution in [0.2, 0.25) is 0 Å². The average Bonchev–Trinajstić information content (AvgIpc) is 2.50. The Morgan fingerprint density at radius 2 is 1.90 bits per heavy atom. The second kappa shape index (κ2) is 6.90. The molecule has 0 aliphatic heterocycles. The highest BCUT2D eigenvalue weighted by molar-refractivity contribution is 5.92. The zero-order chi connectivity index (χ0) is 15.2. The number of aliphatic hydroxyl groups excluding tert-OH is 1. The fraction of sp³-hybridized carbons (Fsp3) is 0.235. The summed E-state index contributed by atoms with van der Waals surface area (Å²) in [6.45, 7) is 2.00. The van der Waals surface area contributed by atoms with E-state index in [2.05, 4.69) is 5.32 Å². The molecule has 0 bridgehead atoms. The second-order valence-electron chi connectivity index (χ2n) is 4.88. The summed E-state index contributed by atoms with van der Waals surface area (Å²) < 4.78 is 0. The van der Waals surface area contributed by atoms with Gasteiger partial charge in [-0.3, -0.25) is 4.79 Å². The first-order valence-corrected chi connectivity index (χ1v) is 6.95. The molecule has 0 heterocycles. The zero-order valence-electron chi connectivity index (χ0n) is 11.9. The van der Waals surface area contributed by atoms with Gasteiger partial charge in [-0.15, -0.1) is 0 Å². The average molecular weight is 285 g/mol. The highest BCUT2D eigenvalue weighted by Crippen LogP contribution is 2.25. The Kier molecular flexibility index (Phi) is 4.95. The fourth-order valence-electron chi connectivity index (χ4n) is 2.07. The number of aliphatic hydroxyl groups is 1. The number of phenolic OH excluding ortho intramolecular Hbond substituents is 1. The minimum atomic E-state index is -0.859. The summed E-state index contributed by atoms with van der Waals surface area (Å²) >= 11 is 0. The zero-order valence-corrected chi connectivity index (χ0v) is 11.9. The number of hydrogen-bond donors (Lipinski definition) is 3. The van der Waals surface area contributed by atoms with Crippen LogP contribution in [0.25, 0.3) is 0 Å². The van der Waals surface area contributed by atoms with Crippen LogP contribution < -0.4 is 5.32 Å². The van der Waals surface area contributed by atoms with Gasteiger partial charge in [0.05, 0.1) is 18.2 Å². The van der Waals surface area contributed by atoms with E-state index in [0.717, 1.165) is 12.0 Å². The lowest BCUT2D eigenvalue weighted by Gasteiger charge is -2.12. The van der Waals surface area contributed by atoms with Gasteiger partial charge in [-0.2, -0.15) is 0 Å². The lowest BCUT2D eigenvalue weighted by Crippen LogP contribution is -2.15. The predicted octanol–water partition coefficient (Wildman–Crippen LogP) is 3.02. The second-order valence-corrected chi connectivity index (χ2v) is 4.88. The molecule has 3 N–H and O–H groups in total. The van der Waals surface area contributed by atoms with E-state index in [1.54, 1.807) is 24.3 Å². The van der Waals surface area contributed by atoms with Gasteiger partial charge in [0.2, 0.25) is 5.91 Å². The van der Waals surface area contributed by atoms with E-state index in [1.165, 1.54) is 0 Å². The van der Waals surface area contributed by atoms with Crippen molar-refractivity contribution in [2.45, 2.75) is 25.9 Å². The van der Waals surface area contributed by atoms with Crippen LogP contribution in [0.4, 0.5) is 5.69 Å². The van der Waals surface area contributed by atoms with Crippen molar-refractivity contribution in [3.05, 3.63) is 59.7 Å². The van der Waals surface area contributed by atoms with Crippen molar-refractivity contribution < 1.29 is 15.0 Å². The smallest absolute Gasteiger partial charge is 0.227 e. The molecule has 0 saturated carbocycles. The SMILES string of the molecule is CCc1ccc(O)c(NC(=O)CC(O)c2ccccc2)c1. The molecule has 0 fully saturated rings. The highest BCUT2D eigenvalue weighted by atomic mass is 16.3. The van der Waals surface area contributed by atoms with Crippen LogP contribution in [0.5, 0.6) is 5.75 Å². The normalized spacial score (nSPS) is 11.9. The number of amides is 1. The Morgan fingerprint density at radius 3 is 2.57 bits per heavy atom. The van der Waals surface area contributed by atoms with E-state index in [-0.39, 0.29) is 18.1 Å². The van der Waals surface area contributed by atoms with E-state index >= 15 is 0 Å². The van der Waals surface area contributed by atoms with E-state index in [0.29, 0.717) is 11.3 Å². The Hall–Kier alpha value is -2.33. The van der Waals surface area contributed by atoms with Gasteiger partial charge in [-0.1, -0.05) is 43.3 Å². The summed E-state index contributed by atoms with van der Waals surface area (Å²) in [6.07, 6.45) is -0.0991. The minimum absolute atomic E-state index is 0.0229. The Balaban J connectivity index is 2.02. The summed E-state index contributed by atoms with van der Waals surface area (Å²) in [5.74, 6) is -0.315. The van der Waals surface area contributed by atoms with Crippen molar-refractivity contribution >= 4 is 11.6 Å². The molecule has 0 aliphatic rings. The first-order valence-electron chi connectivity index (χ1n) is 6.95. The van der Waals surface area contributed by atoms with Crippen molar-refractivity contribution in [1.82, 2.24) is 0 Å². The molecule has 0 saturated heterocycles. The van der Waals surface area contributed by atoms with E-state index in [4.69, 9.17) is 0 Å². The summed E-state index contributed by atoms with van der Waals surface area (Å²) in [6, 6.07) is 14.1. The van der Waals surface area contributed by atoms with Crippen LogP contribution in [0.15, 0.2) is 48.5 Å². The Bertz CT molecular complexity index is 611. The van der Waals surface area contributed by atoms with Crippen LogP contribution in [0.1, 0.15) is 30.6 Å². The lowest BCUT2D eigenvalue weighted by atomic mass is 10.1. The molecule has 0 radical (unpaired) electrons. The standard InChI is InChI=1S/C17H19NO3/c1-2-12-8-9-15(19)14(10-12)18-17(21)11-16(20)13-6-4-3-5-7-13/h3-10,16,19-20H,2,11H2,1H3,(H,18,21). The number of benzene rings is 2. The molecule has 4 heteroatoms. The van der Waals surface area contributed by atoms with Gasteiger partial charge < -0.3 is 15.5 Å². The third-order valence-electron chi connectivity index (χ3n) is 3.31. The van der Waals surface area contributed by atoms with Gasteiger partial charge in [-0.05, 0) is 29.7 Å². The number of rotatable bonds is 5. The first kappa shape index (κ1) is 15.1. The van der Waals surface area contributed by atoms with Crippen LogP contribution in [-0.2, 0) is 11.2 Å². The number of aryl methyl sites for hydroxylation is 1. The van der Waals surface area contributed by atoms with E-state index < -0.39 is 6.10 Å². The molecule has 21 heavy (non-hydrogen) atoms. The van der Waals surface area contributed by atoms with E-state index in [9.17, 15) is 15.0 Å². The molecular formula is C17H19NO3. The Labute approximate surface area is 124 Å². The molecule has 0 aliphatic carbocycles. The third-order valence-corrected chi connectivity index (χ3v) is 3.31. The molecule has 0 aromatic heterocycles. The van der Waals surface area contributed by atoms with Gasteiger partial charge in [-0.25, -0.2) is 0 Å². The molecule has 2 aromatic carbocycles. The van der Waals surface area contributed by atoms with Gasteiger partial charge in [0.15, 0.2) is 0 Å². The van der Waals surface area contributed by atoms with E-state index in [1.807, 2.05) is 31.2 Å². The molecule has 1 amide bonds. The number of carbonyl (C=O) groups excluding carboxylic acids is 1. The maximum atomic E-state index is 12.0. The quantitative estimate of drug-likeness (QED) is 0.740. The molecule has 4 nitrogen and oxygen atoms in total. The summed E-state index contributed by atoms with van der Waals surface area (Å²) in [4.78, 5) is 12.0. The molecule has 0 spiro atoms. The number of hydrogen-bond acceptors (Lipinski definition) is 3.